The highest BCUT2D eigenvalue weighted by Crippen LogP contribution is 2.13. The molecule has 0 aliphatic rings. The van der Waals surface area contributed by atoms with Gasteiger partial charge < -0.3 is 19.7 Å². The van der Waals surface area contributed by atoms with E-state index in [0.29, 0.717) is 24.3 Å². The smallest absolute Gasteiger partial charge is 0.339 e. The van der Waals surface area contributed by atoms with Crippen molar-refractivity contribution in [1.82, 2.24) is 0 Å². The van der Waals surface area contributed by atoms with Crippen LogP contribution in [0.1, 0.15) is 33.6 Å². The minimum atomic E-state index is -0.894. The molecule has 1 aromatic rings. The Morgan fingerprint density at radius 3 is 1.50 bits per heavy atom. The van der Waals surface area contributed by atoms with Crippen LogP contribution < -0.4 is 0 Å². The number of carboxylic acid groups (broad SMARTS) is 2. The second-order valence-electron chi connectivity index (χ2n) is 5.42. The van der Waals surface area contributed by atoms with Gasteiger partial charge in [0, 0.05) is 0 Å². The molecule has 0 aliphatic carbocycles. The molecule has 0 unspecified atom stereocenters. The van der Waals surface area contributed by atoms with E-state index in [4.69, 9.17) is 19.7 Å². The maximum Gasteiger partial charge on any atom is 0.339 e. The zero-order valence-electron chi connectivity index (χ0n) is 15.1. The molecule has 0 bridgehead atoms. The van der Waals surface area contributed by atoms with Crippen LogP contribution >= 0.6 is 23.5 Å². The van der Waals surface area contributed by atoms with Gasteiger partial charge in [-0.25, -0.2) is 9.59 Å². The molecular weight excluding hydrogens is 408 g/mol. The second-order valence-corrected chi connectivity index (χ2v) is 7.63. The Hall–Kier alpha value is -2.20. The first-order chi connectivity index (χ1) is 13.4. The molecule has 0 radical (unpaired) electrons. The summed E-state index contributed by atoms with van der Waals surface area (Å²) in [5, 5.41) is 17.1. The zero-order chi connectivity index (χ0) is 20.8. The number of hydrogen-bond donors (Lipinski definition) is 2. The summed E-state index contributed by atoms with van der Waals surface area (Å²) in [5.41, 5.74) is 0.205. The summed E-state index contributed by atoms with van der Waals surface area (Å²) < 4.78 is 10.3. The number of carbonyl (C=O) groups is 4. The Labute approximate surface area is 171 Å². The summed E-state index contributed by atoms with van der Waals surface area (Å²) in [4.78, 5) is 45.2. The lowest BCUT2D eigenvalue weighted by atomic mass is 10.1. The predicted octanol–water partition coefficient (Wildman–Crippen LogP) is 2.42. The van der Waals surface area contributed by atoms with Crippen LogP contribution in [0, 0.1) is 0 Å². The minimum Gasteiger partial charge on any atom is -0.481 e. The molecule has 0 atom stereocenters. The van der Waals surface area contributed by atoms with Crippen LogP contribution in [0.5, 0.6) is 0 Å². The normalized spacial score (nSPS) is 10.3. The Kier molecular flexibility index (Phi) is 11.8. The zero-order valence-corrected chi connectivity index (χ0v) is 16.8. The van der Waals surface area contributed by atoms with Gasteiger partial charge in [-0.15, -0.1) is 0 Å². The van der Waals surface area contributed by atoms with Gasteiger partial charge in [0.05, 0.1) is 35.8 Å². The molecule has 154 valence electrons. The minimum absolute atomic E-state index is 0.00254. The van der Waals surface area contributed by atoms with Crippen molar-refractivity contribution in [2.45, 2.75) is 12.8 Å². The van der Waals surface area contributed by atoms with E-state index in [9.17, 15) is 19.2 Å². The highest BCUT2D eigenvalue weighted by Gasteiger charge is 2.18. The molecule has 28 heavy (non-hydrogen) atoms. The molecule has 2 N–H and O–H groups in total. The molecule has 1 aromatic carbocycles. The largest absolute Gasteiger partial charge is 0.481 e. The third kappa shape index (κ3) is 10.2. The van der Waals surface area contributed by atoms with Crippen LogP contribution in [0.4, 0.5) is 0 Å². The van der Waals surface area contributed by atoms with Crippen molar-refractivity contribution in [2.24, 2.45) is 0 Å². The first-order valence-electron chi connectivity index (χ1n) is 8.44. The first kappa shape index (κ1) is 23.8. The van der Waals surface area contributed by atoms with Crippen molar-refractivity contribution in [3.63, 3.8) is 0 Å². The molecule has 0 heterocycles. The van der Waals surface area contributed by atoms with Gasteiger partial charge in [-0.05, 0) is 36.5 Å². The van der Waals surface area contributed by atoms with E-state index in [1.807, 2.05) is 0 Å². The molecule has 0 amide bonds. The molecule has 0 fully saturated rings. The highest BCUT2D eigenvalue weighted by molar-refractivity contribution is 8.00. The third-order valence-electron chi connectivity index (χ3n) is 3.15. The number of carbonyl (C=O) groups excluding carboxylic acids is 2. The maximum absolute atomic E-state index is 12.2. The molecule has 10 heteroatoms. The van der Waals surface area contributed by atoms with Crippen LogP contribution in [-0.2, 0) is 19.1 Å². The van der Waals surface area contributed by atoms with Gasteiger partial charge in [0.15, 0.2) is 0 Å². The molecule has 0 saturated heterocycles. The quantitative estimate of drug-likeness (QED) is 0.335. The van der Waals surface area contributed by atoms with E-state index in [1.165, 1.54) is 35.7 Å². The van der Waals surface area contributed by atoms with Crippen molar-refractivity contribution >= 4 is 47.4 Å². The van der Waals surface area contributed by atoms with Gasteiger partial charge in [-0.3, -0.25) is 9.59 Å². The summed E-state index contributed by atoms with van der Waals surface area (Å²) >= 11 is 2.47. The fourth-order valence-electron chi connectivity index (χ4n) is 1.97. The fraction of sp³-hybridized carbons (Fsp3) is 0.444. The fourth-order valence-corrected chi connectivity index (χ4v) is 3.25. The van der Waals surface area contributed by atoms with Crippen molar-refractivity contribution in [3.8, 4) is 0 Å². The summed E-state index contributed by atoms with van der Waals surface area (Å²) in [5.74, 6) is -1.99. The molecule has 8 nitrogen and oxygen atoms in total. The van der Waals surface area contributed by atoms with Gasteiger partial charge in [0.1, 0.15) is 0 Å². The number of carboxylic acids is 2. The number of ether oxygens (including phenoxy) is 2. The molecule has 0 aliphatic heterocycles. The van der Waals surface area contributed by atoms with Crippen LogP contribution in [0.15, 0.2) is 24.3 Å². The maximum atomic E-state index is 12.2. The predicted molar refractivity (Wildman–Crippen MR) is 106 cm³/mol. The number of esters is 2. The number of aliphatic carboxylic acids is 2. The van der Waals surface area contributed by atoms with E-state index in [0.717, 1.165) is 0 Å². The van der Waals surface area contributed by atoms with Crippen LogP contribution in [-0.4, -0.2) is 70.3 Å². The Morgan fingerprint density at radius 1 is 0.750 bits per heavy atom. The van der Waals surface area contributed by atoms with Crippen molar-refractivity contribution in [1.29, 1.82) is 0 Å². The summed E-state index contributed by atoms with van der Waals surface area (Å²) in [6, 6.07) is 6.17. The van der Waals surface area contributed by atoms with Crippen molar-refractivity contribution < 1.29 is 38.9 Å². The Balaban J connectivity index is 2.41. The van der Waals surface area contributed by atoms with E-state index in [-0.39, 0.29) is 35.8 Å². The molecule has 0 spiro atoms. The van der Waals surface area contributed by atoms with Gasteiger partial charge in [0.25, 0.3) is 0 Å². The summed E-state index contributed by atoms with van der Waals surface area (Å²) in [7, 11) is 0. The average Bonchev–Trinajstić information content (AvgIpc) is 2.66. The van der Waals surface area contributed by atoms with Crippen molar-refractivity contribution in [3.05, 3.63) is 35.4 Å². The Morgan fingerprint density at radius 2 is 1.14 bits per heavy atom. The van der Waals surface area contributed by atoms with Crippen molar-refractivity contribution in [2.75, 3.05) is 36.2 Å². The second kappa shape index (κ2) is 13.9. The van der Waals surface area contributed by atoms with E-state index in [1.54, 1.807) is 12.1 Å². The highest BCUT2D eigenvalue weighted by atomic mass is 32.2. The molecule has 0 aromatic heterocycles. The van der Waals surface area contributed by atoms with E-state index < -0.39 is 23.9 Å². The summed E-state index contributed by atoms with van der Waals surface area (Å²) in [6.07, 6.45) is 1.01. The number of benzene rings is 1. The van der Waals surface area contributed by atoms with Gasteiger partial charge in [-0.1, -0.05) is 12.1 Å². The number of hydrogen-bond acceptors (Lipinski definition) is 8. The van der Waals surface area contributed by atoms with E-state index >= 15 is 0 Å². The SMILES string of the molecule is O=C(O)CSCCCOC(=O)c1ccccc1C(=O)OCCCSCC(=O)O. The van der Waals surface area contributed by atoms with Gasteiger partial charge in [0.2, 0.25) is 0 Å². The lowest BCUT2D eigenvalue weighted by Gasteiger charge is -2.10. The topological polar surface area (TPSA) is 127 Å². The summed E-state index contributed by atoms with van der Waals surface area (Å²) in [6.45, 7) is 0.241. The van der Waals surface area contributed by atoms with Gasteiger partial charge in [-0.2, -0.15) is 23.5 Å². The Bertz CT molecular complexity index is 620. The van der Waals surface area contributed by atoms with Crippen LogP contribution in [0.3, 0.4) is 0 Å². The average molecular weight is 431 g/mol. The van der Waals surface area contributed by atoms with Crippen LogP contribution in [0.2, 0.25) is 0 Å². The van der Waals surface area contributed by atoms with E-state index in [2.05, 4.69) is 0 Å². The van der Waals surface area contributed by atoms with Gasteiger partial charge >= 0.3 is 23.9 Å². The molecular formula is C18H22O8S2. The lowest BCUT2D eigenvalue weighted by molar-refractivity contribution is -0.134. The lowest BCUT2D eigenvalue weighted by Crippen LogP contribution is -2.15. The third-order valence-corrected chi connectivity index (χ3v) is 5.21. The standard InChI is InChI=1S/C18H22O8S2/c19-15(20)11-27-9-3-7-25-17(23)13-5-1-2-6-14(13)18(24)26-8-4-10-28-12-16(21)22/h1-2,5-6H,3-4,7-12H2,(H,19,20)(H,21,22). The monoisotopic (exact) mass is 430 g/mol. The molecule has 1 rings (SSSR count). The van der Waals surface area contributed by atoms with Crippen LogP contribution in [0.25, 0.3) is 0 Å². The number of rotatable bonds is 14. The number of thioether (sulfide) groups is 2. The first-order valence-corrected chi connectivity index (χ1v) is 10.7. The molecule has 0 saturated carbocycles.